The predicted molar refractivity (Wildman–Crippen MR) is 152 cm³/mol. The third kappa shape index (κ3) is 2.61. The minimum Gasteiger partial charge on any atom is -0.245 e. The summed E-state index contributed by atoms with van der Waals surface area (Å²) in [7, 11) is 0. The molecule has 0 spiro atoms. The average molecular weight is 719 g/mol. The number of pyridine rings is 1. The van der Waals surface area contributed by atoms with Gasteiger partial charge >= 0.3 is 0 Å². The zero-order valence-corrected chi connectivity index (χ0v) is 24.1. The molecule has 0 radical (unpaired) electrons. The number of thiophene rings is 4. The van der Waals surface area contributed by atoms with Crippen LogP contribution >= 0.6 is 109 Å². The van der Waals surface area contributed by atoms with Gasteiger partial charge in [0.05, 0.1) is 35.6 Å². The fourth-order valence-corrected chi connectivity index (χ4v) is 10.7. The third-order valence-electron chi connectivity index (χ3n) is 5.33. The van der Waals surface area contributed by atoms with Crippen LogP contribution < -0.4 is 0 Å². The van der Waals surface area contributed by atoms with Gasteiger partial charge in [-0.05, 0) is 94.1 Å². The molecule has 7 rings (SSSR count). The van der Waals surface area contributed by atoms with E-state index in [9.17, 15) is 0 Å². The molecule has 1 nitrogen and oxygen atoms in total. The van der Waals surface area contributed by atoms with Gasteiger partial charge in [0.1, 0.15) is 0 Å². The Morgan fingerprint density at radius 3 is 1.17 bits per heavy atom. The highest BCUT2D eigenvalue weighted by Gasteiger charge is 2.20. The first kappa shape index (κ1) is 19.3. The third-order valence-corrected chi connectivity index (χ3v) is 12.0. The van der Waals surface area contributed by atoms with Crippen LogP contribution in [0.15, 0.2) is 45.5 Å². The number of fused-ring (bicyclic) bond motifs is 12. The summed E-state index contributed by atoms with van der Waals surface area (Å²) in [4.78, 5) is 5.34. The van der Waals surface area contributed by atoms with E-state index in [4.69, 9.17) is 4.98 Å². The van der Waals surface area contributed by atoms with E-state index in [1.165, 1.54) is 51.1 Å². The van der Waals surface area contributed by atoms with Gasteiger partial charge in [0.2, 0.25) is 0 Å². The van der Waals surface area contributed by atoms with Crippen molar-refractivity contribution >= 4 is 171 Å². The molecule has 0 unspecified atom stereocenters. The highest BCUT2D eigenvalue weighted by Crippen LogP contribution is 2.49. The second-order valence-corrected chi connectivity index (χ2v) is 16.7. The molecule has 0 aliphatic rings. The van der Waals surface area contributed by atoms with E-state index in [-0.39, 0.29) is 0 Å². The molecule has 5 heterocycles. The lowest BCUT2D eigenvalue weighted by molar-refractivity contribution is 1.57. The predicted octanol–water partition coefficient (Wildman–Crippen LogP) is 11.3. The van der Waals surface area contributed by atoms with Crippen LogP contribution in [-0.2, 0) is 0 Å². The van der Waals surface area contributed by atoms with Gasteiger partial charge in [-0.15, -0.1) is 45.3 Å². The van der Waals surface area contributed by atoms with E-state index in [0.29, 0.717) is 0 Å². The molecular weight excluding hydrogens is 714 g/mol. The number of hydrogen-bond donors (Lipinski definition) is 0. The van der Waals surface area contributed by atoms with Crippen LogP contribution in [0.5, 0.6) is 0 Å². The van der Waals surface area contributed by atoms with Gasteiger partial charge in [0.25, 0.3) is 0 Å². The lowest BCUT2D eigenvalue weighted by Crippen LogP contribution is -1.85. The molecule has 5 aromatic heterocycles. The van der Waals surface area contributed by atoms with E-state index < -0.39 is 0 Å². The summed E-state index contributed by atoms with van der Waals surface area (Å²) in [6, 6.07) is 11.3. The normalized spacial score (nSPS) is 12.7. The molecule has 0 N–H and O–H groups in total. The maximum atomic E-state index is 5.34. The average Bonchev–Trinajstić information content (AvgIpc) is 3.44. The maximum absolute atomic E-state index is 5.34. The maximum Gasteiger partial charge on any atom is 0.0903 e. The Balaban J connectivity index is 1.84. The summed E-state index contributed by atoms with van der Waals surface area (Å²) < 4.78 is 9.64. The van der Waals surface area contributed by atoms with E-state index in [1.54, 1.807) is 45.3 Å². The Morgan fingerprint density at radius 2 is 0.767 bits per heavy atom. The van der Waals surface area contributed by atoms with Crippen LogP contribution in [0.2, 0.25) is 0 Å². The topological polar surface area (TPSA) is 12.9 Å². The molecule has 0 bridgehead atoms. The van der Waals surface area contributed by atoms with Crippen LogP contribution in [0.3, 0.4) is 0 Å². The first-order valence-corrected chi connectivity index (χ1v) is 15.2. The van der Waals surface area contributed by atoms with Crippen molar-refractivity contribution in [3.8, 4) is 0 Å². The highest BCUT2D eigenvalue weighted by atomic mass is 79.9. The van der Waals surface area contributed by atoms with Crippen molar-refractivity contribution in [3.63, 3.8) is 0 Å². The number of hydrogen-bond acceptors (Lipinski definition) is 5. The van der Waals surface area contributed by atoms with Gasteiger partial charge < -0.3 is 0 Å². The molecular formula is C21H5Br4NS4. The molecule has 146 valence electrons. The number of rotatable bonds is 0. The van der Waals surface area contributed by atoms with Gasteiger partial charge in [-0.2, -0.15) is 0 Å². The number of halogens is 4. The van der Waals surface area contributed by atoms with Crippen molar-refractivity contribution < 1.29 is 0 Å². The van der Waals surface area contributed by atoms with Crippen LogP contribution in [0.25, 0.3) is 62.2 Å². The van der Waals surface area contributed by atoms with Gasteiger partial charge in [-0.25, -0.2) is 4.98 Å². The van der Waals surface area contributed by atoms with E-state index in [2.05, 4.69) is 94.1 Å². The van der Waals surface area contributed by atoms with Crippen molar-refractivity contribution in [2.24, 2.45) is 0 Å². The van der Waals surface area contributed by atoms with Crippen LogP contribution in [0.1, 0.15) is 0 Å². The molecule has 30 heavy (non-hydrogen) atoms. The SMILES string of the molecule is Brc1cc2c3cc(Br)sc3c3nc4c(cc3c2s1)c1sc(Br)cc1c1cc(Br)sc14. The molecule has 0 aliphatic heterocycles. The largest absolute Gasteiger partial charge is 0.245 e. The van der Waals surface area contributed by atoms with Crippen LogP contribution in [-0.4, -0.2) is 4.98 Å². The first-order chi connectivity index (χ1) is 14.5. The van der Waals surface area contributed by atoms with Crippen molar-refractivity contribution in [2.45, 2.75) is 0 Å². The van der Waals surface area contributed by atoms with Crippen molar-refractivity contribution in [1.29, 1.82) is 0 Å². The van der Waals surface area contributed by atoms with Gasteiger partial charge in [-0.1, -0.05) is 0 Å². The molecule has 0 saturated heterocycles. The quantitative estimate of drug-likeness (QED) is 0.142. The standard InChI is InChI=1S/C21H5Br4NS4/c22-12-2-6-8-4-14(24)29-20(8)16-10(18(6)27-12)1-11-17(26-16)21-9(5-15(25)30-21)7-3-13(23)28-19(7)11/h1-5H. The highest BCUT2D eigenvalue weighted by molar-refractivity contribution is 9.11. The van der Waals surface area contributed by atoms with Crippen molar-refractivity contribution in [1.82, 2.24) is 4.98 Å². The van der Waals surface area contributed by atoms with Gasteiger partial charge in [0.15, 0.2) is 0 Å². The van der Waals surface area contributed by atoms with Crippen molar-refractivity contribution in [3.05, 3.63) is 45.5 Å². The Labute approximate surface area is 219 Å². The minimum atomic E-state index is 1.09. The Hall–Kier alpha value is -0.130. The number of aromatic nitrogens is 1. The van der Waals surface area contributed by atoms with E-state index in [1.807, 2.05) is 0 Å². The summed E-state index contributed by atoms with van der Waals surface area (Å²) in [6.07, 6.45) is 0. The number of nitrogens with zero attached hydrogens (tertiary/aromatic N) is 1. The summed E-state index contributed by atoms with van der Waals surface area (Å²) in [5.41, 5.74) is 2.19. The number of benzene rings is 2. The molecule has 0 atom stereocenters. The van der Waals surface area contributed by atoms with E-state index >= 15 is 0 Å². The molecule has 2 aromatic carbocycles. The summed E-state index contributed by atoms with van der Waals surface area (Å²) in [5.74, 6) is 0. The zero-order valence-electron chi connectivity index (χ0n) is 14.5. The van der Waals surface area contributed by atoms with Crippen LogP contribution in [0, 0.1) is 0 Å². The molecule has 9 heteroatoms. The smallest absolute Gasteiger partial charge is 0.0903 e. The zero-order chi connectivity index (χ0) is 20.3. The van der Waals surface area contributed by atoms with E-state index in [0.717, 1.165) is 26.2 Å². The fraction of sp³-hybridized carbons (Fsp3) is 0. The second-order valence-electron chi connectivity index (χ2n) is 6.95. The summed E-state index contributed by atoms with van der Waals surface area (Å²) in [6.45, 7) is 0. The molecule has 0 saturated carbocycles. The molecule has 0 fully saturated rings. The first-order valence-electron chi connectivity index (χ1n) is 8.72. The van der Waals surface area contributed by atoms with Crippen molar-refractivity contribution in [2.75, 3.05) is 0 Å². The van der Waals surface area contributed by atoms with Gasteiger partial charge in [-0.3, -0.25) is 0 Å². The Morgan fingerprint density at radius 1 is 0.433 bits per heavy atom. The van der Waals surface area contributed by atoms with Gasteiger partial charge in [0, 0.05) is 41.7 Å². The minimum absolute atomic E-state index is 1.09. The fourth-order valence-electron chi connectivity index (χ4n) is 4.20. The second kappa shape index (κ2) is 6.70. The lowest BCUT2D eigenvalue weighted by Gasteiger charge is -2.07. The van der Waals surface area contributed by atoms with Crippen LogP contribution in [0.4, 0.5) is 0 Å². The molecule has 7 aromatic rings. The Kier molecular flexibility index (Phi) is 4.32. The lowest BCUT2D eigenvalue weighted by atomic mass is 10.0. The monoisotopic (exact) mass is 715 g/mol. The summed E-state index contributed by atoms with van der Waals surface area (Å²) in [5, 5.41) is 7.59. The molecule has 0 amide bonds. The molecule has 0 aliphatic carbocycles. The Bertz CT molecular complexity index is 1590. The summed E-state index contributed by atoms with van der Waals surface area (Å²) >= 11 is 21.9.